The predicted octanol–water partition coefficient (Wildman–Crippen LogP) is 4.08. The second kappa shape index (κ2) is 6.14. The van der Waals surface area contributed by atoms with Gasteiger partial charge in [-0.2, -0.15) is 0 Å². The predicted molar refractivity (Wildman–Crippen MR) is 89.1 cm³/mol. The summed E-state index contributed by atoms with van der Waals surface area (Å²) < 4.78 is 0.878. The van der Waals surface area contributed by atoms with E-state index < -0.39 is 0 Å². The molecule has 0 spiro atoms. The summed E-state index contributed by atoms with van der Waals surface area (Å²) in [5.74, 6) is 1.25. The number of thiocarbonyl (C=S) groups is 1. The molecule has 0 fully saturated rings. The van der Waals surface area contributed by atoms with E-state index in [0.717, 1.165) is 21.2 Å². The van der Waals surface area contributed by atoms with Gasteiger partial charge in [-0.05, 0) is 29.0 Å². The van der Waals surface area contributed by atoms with Crippen LogP contribution in [0, 0.1) is 6.92 Å². The normalized spacial score (nSPS) is 11.5. The van der Waals surface area contributed by atoms with Crippen LogP contribution in [0.5, 0.6) is 5.75 Å². The summed E-state index contributed by atoms with van der Waals surface area (Å²) in [6, 6.07) is 4.13. The fourth-order valence-electron chi connectivity index (χ4n) is 1.78. The number of hydrogen-bond acceptors (Lipinski definition) is 3. The molecule has 4 heteroatoms. The van der Waals surface area contributed by atoms with Crippen LogP contribution >= 0.6 is 24.0 Å². The molecule has 0 aromatic heterocycles. The Morgan fingerprint density at radius 1 is 1.32 bits per heavy atom. The van der Waals surface area contributed by atoms with Gasteiger partial charge in [-0.15, -0.1) is 0 Å². The van der Waals surface area contributed by atoms with Crippen LogP contribution in [0.25, 0.3) is 0 Å². The standard InChI is InChI=1S/C15H23NOS2/c1-10-7-11(9-19-14(18)16(5)6)8-12(13(10)17)15(2,3)4/h7-8,17H,9H2,1-6H3. The van der Waals surface area contributed by atoms with Crippen molar-refractivity contribution < 1.29 is 5.11 Å². The number of benzene rings is 1. The summed E-state index contributed by atoms with van der Waals surface area (Å²) in [5.41, 5.74) is 3.07. The number of hydrogen-bond donors (Lipinski definition) is 1. The van der Waals surface area contributed by atoms with Crippen LogP contribution in [0.3, 0.4) is 0 Å². The van der Waals surface area contributed by atoms with Crippen molar-refractivity contribution in [2.24, 2.45) is 0 Å². The highest BCUT2D eigenvalue weighted by Crippen LogP contribution is 2.35. The van der Waals surface area contributed by atoms with Gasteiger partial charge < -0.3 is 10.0 Å². The number of phenols is 1. The zero-order valence-corrected chi connectivity index (χ0v) is 14.2. The topological polar surface area (TPSA) is 23.5 Å². The third-order valence-electron chi connectivity index (χ3n) is 2.90. The lowest BCUT2D eigenvalue weighted by Crippen LogP contribution is -2.16. The fourth-order valence-corrected chi connectivity index (χ4v) is 2.68. The minimum absolute atomic E-state index is 0.0580. The van der Waals surface area contributed by atoms with E-state index in [0.29, 0.717) is 5.75 Å². The Labute approximate surface area is 126 Å². The number of phenolic OH excluding ortho intramolecular Hbond substituents is 1. The Morgan fingerprint density at radius 3 is 2.37 bits per heavy atom. The first-order valence-electron chi connectivity index (χ1n) is 6.30. The summed E-state index contributed by atoms with van der Waals surface area (Å²) in [6.07, 6.45) is 0. The molecule has 0 heterocycles. The van der Waals surface area contributed by atoms with E-state index in [1.165, 1.54) is 5.56 Å². The molecule has 0 radical (unpaired) electrons. The van der Waals surface area contributed by atoms with Gasteiger partial charge in [0, 0.05) is 19.8 Å². The van der Waals surface area contributed by atoms with Gasteiger partial charge in [0.2, 0.25) is 0 Å². The van der Waals surface area contributed by atoms with E-state index in [1.54, 1.807) is 11.8 Å². The Bertz CT molecular complexity index is 476. The Morgan fingerprint density at radius 2 is 1.89 bits per heavy atom. The zero-order valence-electron chi connectivity index (χ0n) is 12.6. The SMILES string of the molecule is Cc1cc(CSC(=S)N(C)C)cc(C(C)(C)C)c1O. The van der Waals surface area contributed by atoms with Crippen molar-refractivity contribution >= 4 is 28.3 Å². The van der Waals surface area contributed by atoms with E-state index in [1.807, 2.05) is 32.0 Å². The van der Waals surface area contributed by atoms with Crippen LogP contribution < -0.4 is 0 Å². The molecular weight excluding hydrogens is 274 g/mol. The molecule has 1 aromatic rings. The molecular formula is C15H23NOS2. The number of aromatic hydroxyl groups is 1. The van der Waals surface area contributed by atoms with Crippen molar-refractivity contribution in [3.63, 3.8) is 0 Å². The second-order valence-electron chi connectivity index (χ2n) is 6.01. The minimum Gasteiger partial charge on any atom is -0.507 e. The number of aryl methyl sites for hydroxylation is 1. The molecule has 19 heavy (non-hydrogen) atoms. The van der Waals surface area contributed by atoms with E-state index in [4.69, 9.17) is 12.2 Å². The van der Waals surface area contributed by atoms with E-state index in [-0.39, 0.29) is 5.41 Å². The van der Waals surface area contributed by atoms with Crippen molar-refractivity contribution in [1.29, 1.82) is 0 Å². The average Bonchev–Trinajstić information content (AvgIpc) is 2.28. The largest absolute Gasteiger partial charge is 0.507 e. The van der Waals surface area contributed by atoms with Crippen molar-refractivity contribution in [2.75, 3.05) is 14.1 Å². The van der Waals surface area contributed by atoms with Crippen LogP contribution in [0.1, 0.15) is 37.5 Å². The van der Waals surface area contributed by atoms with Crippen LogP contribution in [-0.2, 0) is 11.2 Å². The quantitative estimate of drug-likeness (QED) is 0.831. The molecule has 106 valence electrons. The molecule has 0 saturated heterocycles. The molecule has 0 saturated carbocycles. The van der Waals surface area contributed by atoms with Crippen molar-refractivity contribution in [1.82, 2.24) is 4.90 Å². The van der Waals surface area contributed by atoms with Crippen LogP contribution in [-0.4, -0.2) is 28.4 Å². The lowest BCUT2D eigenvalue weighted by molar-refractivity contribution is 0.442. The van der Waals surface area contributed by atoms with Gasteiger partial charge in [0.15, 0.2) is 0 Å². The van der Waals surface area contributed by atoms with Gasteiger partial charge in [0.05, 0.1) is 0 Å². The molecule has 0 aliphatic rings. The van der Waals surface area contributed by atoms with Gasteiger partial charge in [0.1, 0.15) is 10.1 Å². The highest BCUT2D eigenvalue weighted by Gasteiger charge is 2.20. The summed E-state index contributed by atoms with van der Waals surface area (Å²) >= 11 is 6.93. The molecule has 0 unspecified atom stereocenters. The minimum atomic E-state index is -0.0580. The first kappa shape index (κ1) is 16.3. The van der Waals surface area contributed by atoms with E-state index in [9.17, 15) is 5.11 Å². The average molecular weight is 297 g/mol. The Hall–Kier alpha value is -0.740. The fraction of sp³-hybridized carbons (Fsp3) is 0.533. The van der Waals surface area contributed by atoms with Gasteiger partial charge in [-0.1, -0.05) is 56.9 Å². The third kappa shape index (κ3) is 4.39. The lowest BCUT2D eigenvalue weighted by Gasteiger charge is -2.23. The highest BCUT2D eigenvalue weighted by atomic mass is 32.2. The molecule has 1 aromatic carbocycles. The second-order valence-corrected chi connectivity index (χ2v) is 7.62. The highest BCUT2D eigenvalue weighted by molar-refractivity contribution is 8.22. The molecule has 0 aliphatic heterocycles. The van der Waals surface area contributed by atoms with E-state index >= 15 is 0 Å². The lowest BCUT2D eigenvalue weighted by atomic mass is 9.84. The molecule has 1 rings (SSSR count). The van der Waals surface area contributed by atoms with Gasteiger partial charge in [0.25, 0.3) is 0 Å². The van der Waals surface area contributed by atoms with Crippen LogP contribution in [0.2, 0.25) is 0 Å². The summed E-state index contributed by atoms with van der Waals surface area (Å²) in [6.45, 7) is 8.29. The molecule has 0 atom stereocenters. The van der Waals surface area contributed by atoms with Gasteiger partial charge in [-0.3, -0.25) is 0 Å². The number of nitrogens with zero attached hydrogens (tertiary/aromatic N) is 1. The molecule has 2 nitrogen and oxygen atoms in total. The number of rotatable bonds is 2. The maximum atomic E-state index is 10.2. The first-order chi connectivity index (χ1) is 8.62. The summed E-state index contributed by atoms with van der Waals surface area (Å²) in [4.78, 5) is 1.94. The summed E-state index contributed by atoms with van der Waals surface area (Å²) in [7, 11) is 3.91. The number of thioether (sulfide) groups is 1. The molecule has 0 aliphatic carbocycles. The monoisotopic (exact) mass is 297 g/mol. The van der Waals surface area contributed by atoms with Gasteiger partial charge in [-0.25, -0.2) is 0 Å². The maximum absolute atomic E-state index is 10.2. The Kier molecular flexibility index (Phi) is 5.27. The molecule has 1 N–H and O–H groups in total. The van der Waals surface area contributed by atoms with Crippen molar-refractivity contribution in [3.05, 3.63) is 28.8 Å². The van der Waals surface area contributed by atoms with Gasteiger partial charge >= 0.3 is 0 Å². The van der Waals surface area contributed by atoms with E-state index in [2.05, 4.69) is 26.8 Å². The van der Waals surface area contributed by atoms with Crippen LogP contribution in [0.4, 0.5) is 0 Å². The first-order valence-corrected chi connectivity index (χ1v) is 7.69. The molecule has 0 bridgehead atoms. The zero-order chi connectivity index (χ0) is 14.8. The molecule has 0 amide bonds. The van der Waals surface area contributed by atoms with Crippen molar-refractivity contribution in [3.8, 4) is 5.75 Å². The van der Waals surface area contributed by atoms with Crippen LogP contribution in [0.15, 0.2) is 12.1 Å². The smallest absolute Gasteiger partial charge is 0.136 e. The summed E-state index contributed by atoms with van der Waals surface area (Å²) in [5, 5.41) is 10.2. The maximum Gasteiger partial charge on any atom is 0.136 e. The van der Waals surface area contributed by atoms with Crippen molar-refractivity contribution in [2.45, 2.75) is 38.9 Å². The third-order valence-corrected chi connectivity index (χ3v) is 4.70. The Balaban J connectivity index is 2.98.